The van der Waals surface area contributed by atoms with Crippen molar-refractivity contribution in [1.82, 2.24) is 4.90 Å². The molecule has 0 unspecified atom stereocenters. The van der Waals surface area contributed by atoms with Crippen molar-refractivity contribution in [2.75, 3.05) is 26.9 Å². The van der Waals surface area contributed by atoms with E-state index < -0.39 is 0 Å². The lowest BCUT2D eigenvalue weighted by Gasteiger charge is -2.15. The molecular formula is C22H23NO4S. The highest BCUT2D eigenvalue weighted by molar-refractivity contribution is 8.04. The average Bonchev–Trinajstić information content (AvgIpc) is 2.96. The molecule has 3 rings (SSSR count). The maximum absolute atomic E-state index is 13.1. The summed E-state index contributed by atoms with van der Waals surface area (Å²) in [6.45, 7) is 3.40. The lowest BCUT2D eigenvalue weighted by atomic mass is 10.1. The van der Waals surface area contributed by atoms with Crippen molar-refractivity contribution in [1.29, 1.82) is 0 Å². The van der Waals surface area contributed by atoms with Crippen molar-refractivity contribution < 1.29 is 19.1 Å². The van der Waals surface area contributed by atoms with Crippen molar-refractivity contribution in [3.8, 4) is 5.75 Å². The van der Waals surface area contributed by atoms with Gasteiger partial charge in [0.05, 0.1) is 17.6 Å². The maximum atomic E-state index is 13.1. The second-order valence-corrected chi connectivity index (χ2v) is 7.24. The minimum Gasteiger partial charge on any atom is -0.497 e. The number of thioether (sulfide) groups is 1. The summed E-state index contributed by atoms with van der Waals surface area (Å²) in [5.41, 5.74) is 1.16. The molecule has 1 heterocycles. The molecule has 1 aliphatic rings. The standard InChI is InChI=1S/C22H23NO4S/c1-3-27-15-7-14-23-21(24)19(16-10-12-17(26-2)13-11-16)20(22(23)25)28-18-8-5-4-6-9-18/h4-6,8-13H,3,7,14-15H2,1-2H3. The summed E-state index contributed by atoms with van der Waals surface area (Å²) in [6, 6.07) is 16.8. The van der Waals surface area contributed by atoms with Crippen LogP contribution in [0, 0.1) is 0 Å². The van der Waals surface area contributed by atoms with Crippen LogP contribution in [-0.2, 0) is 14.3 Å². The predicted molar refractivity (Wildman–Crippen MR) is 110 cm³/mol. The second-order valence-electron chi connectivity index (χ2n) is 6.16. The van der Waals surface area contributed by atoms with Crippen molar-refractivity contribution in [2.24, 2.45) is 0 Å². The highest BCUT2D eigenvalue weighted by Crippen LogP contribution is 2.39. The van der Waals surface area contributed by atoms with E-state index in [9.17, 15) is 9.59 Å². The van der Waals surface area contributed by atoms with Gasteiger partial charge < -0.3 is 9.47 Å². The quantitative estimate of drug-likeness (QED) is 0.473. The molecule has 146 valence electrons. The van der Waals surface area contributed by atoms with Crippen LogP contribution in [0.25, 0.3) is 5.57 Å². The summed E-state index contributed by atoms with van der Waals surface area (Å²) in [5.74, 6) is 0.193. The van der Waals surface area contributed by atoms with Gasteiger partial charge >= 0.3 is 0 Å². The molecule has 0 bridgehead atoms. The third-order valence-electron chi connectivity index (χ3n) is 4.34. The molecule has 2 aromatic carbocycles. The highest BCUT2D eigenvalue weighted by Gasteiger charge is 2.39. The Kier molecular flexibility index (Phi) is 6.90. The Labute approximate surface area is 169 Å². The number of hydrogen-bond acceptors (Lipinski definition) is 5. The van der Waals surface area contributed by atoms with Gasteiger partial charge in [0.2, 0.25) is 0 Å². The molecule has 0 spiro atoms. The molecule has 0 fully saturated rings. The molecule has 0 saturated heterocycles. The molecule has 2 amide bonds. The van der Waals surface area contributed by atoms with Crippen LogP contribution < -0.4 is 4.74 Å². The normalized spacial score (nSPS) is 14.1. The summed E-state index contributed by atoms with van der Waals surface area (Å²) >= 11 is 1.33. The van der Waals surface area contributed by atoms with Crippen LogP contribution in [0.3, 0.4) is 0 Å². The van der Waals surface area contributed by atoms with Crippen molar-refractivity contribution in [3.05, 3.63) is 65.1 Å². The Hall–Kier alpha value is -2.57. The summed E-state index contributed by atoms with van der Waals surface area (Å²) in [6.07, 6.45) is 0.616. The van der Waals surface area contributed by atoms with E-state index in [1.165, 1.54) is 16.7 Å². The number of rotatable bonds is 9. The summed E-state index contributed by atoms with van der Waals surface area (Å²) in [5, 5.41) is 0. The summed E-state index contributed by atoms with van der Waals surface area (Å²) in [4.78, 5) is 28.8. The molecule has 1 aliphatic heterocycles. The SMILES string of the molecule is CCOCCCN1C(=O)C(Sc2ccccc2)=C(c2ccc(OC)cc2)C1=O. The first kappa shape index (κ1) is 20.2. The van der Waals surface area contributed by atoms with Gasteiger partial charge in [0.1, 0.15) is 5.75 Å². The van der Waals surface area contributed by atoms with Gasteiger partial charge in [-0.25, -0.2) is 0 Å². The number of benzene rings is 2. The van der Waals surface area contributed by atoms with Gasteiger partial charge in [-0.3, -0.25) is 14.5 Å². The molecule has 0 saturated carbocycles. The van der Waals surface area contributed by atoms with Crippen LogP contribution in [0.1, 0.15) is 18.9 Å². The van der Waals surface area contributed by atoms with Crippen LogP contribution in [-0.4, -0.2) is 43.6 Å². The molecule has 0 N–H and O–H groups in total. The first-order valence-electron chi connectivity index (χ1n) is 9.21. The Bertz CT molecular complexity index is 862. The van der Waals surface area contributed by atoms with Crippen LogP contribution in [0.4, 0.5) is 0 Å². The van der Waals surface area contributed by atoms with Gasteiger partial charge in [-0.15, -0.1) is 0 Å². The second kappa shape index (κ2) is 9.57. The molecule has 0 aromatic heterocycles. The molecule has 0 aliphatic carbocycles. The van der Waals surface area contributed by atoms with Crippen LogP contribution in [0.2, 0.25) is 0 Å². The monoisotopic (exact) mass is 397 g/mol. The molecule has 5 nitrogen and oxygen atoms in total. The molecular weight excluding hydrogens is 374 g/mol. The van der Waals surface area contributed by atoms with E-state index in [2.05, 4.69) is 0 Å². The maximum Gasteiger partial charge on any atom is 0.268 e. The van der Waals surface area contributed by atoms with Gasteiger partial charge in [0.15, 0.2) is 0 Å². The van der Waals surface area contributed by atoms with Gasteiger partial charge in [-0.1, -0.05) is 42.1 Å². The van der Waals surface area contributed by atoms with Gasteiger partial charge in [-0.2, -0.15) is 0 Å². The number of carbonyl (C=O) groups is 2. The molecule has 0 radical (unpaired) electrons. The molecule has 28 heavy (non-hydrogen) atoms. The number of ether oxygens (including phenoxy) is 2. The topological polar surface area (TPSA) is 55.8 Å². The zero-order valence-corrected chi connectivity index (χ0v) is 16.8. The lowest BCUT2D eigenvalue weighted by Crippen LogP contribution is -2.33. The molecule has 0 atom stereocenters. The third kappa shape index (κ3) is 4.46. The third-order valence-corrected chi connectivity index (χ3v) is 5.43. The van der Waals surface area contributed by atoms with E-state index in [4.69, 9.17) is 9.47 Å². The molecule has 2 aromatic rings. The highest BCUT2D eigenvalue weighted by atomic mass is 32.2. The van der Waals surface area contributed by atoms with Gasteiger partial charge in [-0.05, 0) is 43.2 Å². The van der Waals surface area contributed by atoms with E-state index in [1.807, 2.05) is 49.4 Å². The van der Waals surface area contributed by atoms with Gasteiger partial charge in [0.25, 0.3) is 11.8 Å². The number of methoxy groups -OCH3 is 1. The van der Waals surface area contributed by atoms with Crippen molar-refractivity contribution in [2.45, 2.75) is 18.2 Å². The smallest absolute Gasteiger partial charge is 0.268 e. The summed E-state index contributed by atoms with van der Waals surface area (Å²) < 4.78 is 10.5. The zero-order chi connectivity index (χ0) is 19.9. The van der Waals surface area contributed by atoms with E-state index in [0.29, 0.717) is 48.0 Å². The fourth-order valence-electron chi connectivity index (χ4n) is 2.94. The Balaban J connectivity index is 1.92. The average molecular weight is 397 g/mol. The lowest BCUT2D eigenvalue weighted by molar-refractivity contribution is -0.136. The minimum absolute atomic E-state index is 0.249. The number of nitrogens with zero attached hydrogens (tertiary/aromatic N) is 1. The largest absolute Gasteiger partial charge is 0.497 e. The van der Waals surface area contributed by atoms with Crippen LogP contribution in [0.15, 0.2) is 64.4 Å². The molecule has 6 heteroatoms. The Morgan fingerprint density at radius 3 is 2.32 bits per heavy atom. The van der Waals surface area contributed by atoms with Gasteiger partial charge in [0, 0.05) is 24.7 Å². The zero-order valence-electron chi connectivity index (χ0n) is 16.0. The minimum atomic E-state index is -0.259. The van der Waals surface area contributed by atoms with Crippen LogP contribution >= 0.6 is 11.8 Å². The first-order chi connectivity index (χ1) is 13.7. The number of imide groups is 1. The van der Waals surface area contributed by atoms with E-state index in [-0.39, 0.29) is 11.8 Å². The van der Waals surface area contributed by atoms with Crippen molar-refractivity contribution in [3.63, 3.8) is 0 Å². The van der Waals surface area contributed by atoms with E-state index in [1.54, 1.807) is 19.2 Å². The Morgan fingerprint density at radius 1 is 0.964 bits per heavy atom. The number of amides is 2. The fourth-order valence-corrected chi connectivity index (χ4v) is 3.97. The van der Waals surface area contributed by atoms with Crippen molar-refractivity contribution >= 4 is 29.1 Å². The number of carbonyl (C=O) groups excluding carboxylic acids is 2. The van der Waals surface area contributed by atoms with Crippen LogP contribution in [0.5, 0.6) is 5.75 Å². The first-order valence-corrected chi connectivity index (χ1v) is 10.0. The van der Waals surface area contributed by atoms with E-state index in [0.717, 1.165) is 4.90 Å². The Morgan fingerprint density at radius 2 is 1.68 bits per heavy atom. The number of hydrogen-bond donors (Lipinski definition) is 0. The fraction of sp³-hybridized carbons (Fsp3) is 0.273. The summed E-state index contributed by atoms with van der Waals surface area (Å²) in [7, 11) is 1.59. The van der Waals surface area contributed by atoms with E-state index >= 15 is 0 Å². The predicted octanol–water partition coefficient (Wildman–Crippen LogP) is 3.99.